The smallest absolute Gasteiger partial charge is 0.277 e. The first-order valence-corrected chi connectivity index (χ1v) is 8.32. The van der Waals surface area contributed by atoms with Crippen LogP contribution in [0.4, 0.5) is 5.69 Å². The van der Waals surface area contributed by atoms with Gasteiger partial charge in [0.05, 0.1) is 23.3 Å². The van der Waals surface area contributed by atoms with Gasteiger partial charge in [0.25, 0.3) is 5.69 Å². The van der Waals surface area contributed by atoms with E-state index < -0.39 is 4.92 Å². The lowest BCUT2D eigenvalue weighted by Gasteiger charge is -2.13. The van der Waals surface area contributed by atoms with Crippen LogP contribution in [-0.2, 0) is 7.05 Å². The van der Waals surface area contributed by atoms with Crippen molar-refractivity contribution in [1.29, 1.82) is 0 Å². The van der Waals surface area contributed by atoms with Crippen molar-refractivity contribution in [3.05, 3.63) is 56.3 Å². The second kappa shape index (κ2) is 7.51. The Morgan fingerprint density at radius 1 is 1.27 bits per heavy atom. The summed E-state index contributed by atoms with van der Waals surface area (Å²) in [6.45, 7) is 9.58. The van der Waals surface area contributed by atoms with E-state index in [2.05, 4.69) is 5.10 Å². The number of carbonyl (C=O) groups is 1. The SMILES string of the molecule is CCOc1c(C(=O)c2ccc([N+](=O)[O-])c(C(C)=C(C)C)c2C)cnn1C. The van der Waals surface area contributed by atoms with Gasteiger partial charge in [-0.25, -0.2) is 4.68 Å². The van der Waals surface area contributed by atoms with Gasteiger partial charge in [0.1, 0.15) is 5.56 Å². The zero-order valence-electron chi connectivity index (χ0n) is 15.9. The van der Waals surface area contributed by atoms with Gasteiger partial charge in [-0.15, -0.1) is 0 Å². The summed E-state index contributed by atoms with van der Waals surface area (Å²) in [6.07, 6.45) is 1.46. The molecule has 0 spiro atoms. The summed E-state index contributed by atoms with van der Waals surface area (Å²) in [7, 11) is 1.70. The summed E-state index contributed by atoms with van der Waals surface area (Å²) >= 11 is 0. The van der Waals surface area contributed by atoms with Crippen LogP contribution >= 0.6 is 0 Å². The van der Waals surface area contributed by atoms with Crippen molar-refractivity contribution in [1.82, 2.24) is 9.78 Å². The number of rotatable bonds is 6. The van der Waals surface area contributed by atoms with Gasteiger partial charge >= 0.3 is 0 Å². The Hall–Kier alpha value is -2.96. The van der Waals surface area contributed by atoms with Gasteiger partial charge in [0.2, 0.25) is 5.88 Å². The number of ketones is 1. The molecule has 0 aliphatic rings. The fourth-order valence-corrected chi connectivity index (χ4v) is 2.85. The molecule has 7 heteroatoms. The maximum absolute atomic E-state index is 13.1. The Bertz CT molecular complexity index is 906. The molecule has 0 unspecified atom stereocenters. The van der Waals surface area contributed by atoms with Gasteiger partial charge < -0.3 is 4.74 Å². The van der Waals surface area contributed by atoms with Crippen LogP contribution in [0.25, 0.3) is 5.57 Å². The third-order valence-corrected chi connectivity index (χ3v) is 4.42. The minimum atomic E-state index is -0.418. The molecule has 0 bridgehead atoms. The Balaban J connectivity index is 2.69. The number of benzene rings is 1. The molecule has 0 aliphatic heterocycles. The second-order valence-electron chi connectivity index (χ2n) is 6.26. The molecule has 2 aromatic rings. The van der Waals surface area contributed by atoms with Crippen LogP contribution in [0.1, 0.15) is 54.7 Å². The average Bonchev–Trinajstić information content (AvgIpc) is 2.94. The van der Waals surface area contributed by atoms with Crippen molar-refractivity contribution in [2.24, 2.45) is 7.05 Å². The molecule has 0 fully saturated rings. The zero-order valence-corrected chi connectivity index (χ0v) is 15.9. The number of nitro benzene ring substituents is 1. The molecule has 138 valence electrons. The number of nitrogens with zero attached hydrogens (tertiary/aromatic N) is 3. The molecule has 0 N–H and O–H groups in total. The minimum absolute atomic E-state index is 0.00558. The van der Waals surface area contributed by atoms with Gasteiger partial charge in [0.15, 0.2) is 5.78 Å². The third kappa shape index (κ3) is 3.37. The molecule has 1 aromatic heterocycles. The highest BCUT2D eigenvalue weighted by atomic mass is 16.6. The number of nitro groups is 1. The monoisotopic (exact) mass is 357 g/mol. The summed E-state index contributed by atoms with van der Waals surface area (Å²) in [5.41, 5.74) is 3.55. The van der Waals surface area contributed by atoms with Crippen LogP contribution in [0.3, 0.4) is 0 Å². The van der Waals surface area contributed by atoms with Crippen molar-refractivity contribution in [3.63, 3.8) is 0 Å². The van der Waals surface area contributed by atoms with E-state index in [1.54, 1.807) is 14.0 Å². The van der Waals surface area contributed by atoms with Crippen LogP contribution in [0.5, 0.6) is 5.88 Å². The summed E-state index contributed by atoms with van der Waals surface area (Å²) in [4.78, 5) is 24.1. The normalized spacial score (nSPS) is 10.5. The molecular formula is C19H23N3O4. The van der Waals surface area contributed by atoms with Gasteiger partial charge in [0, 0.05) is 18.7 Å². The number of allylic oxidation sites excluding steroid dienone is 2. The Morgan fingerprint density at radius 2 is 1.92 bits per heavy atom. The van der Waals surface area contributed by atoms with Crippen LogP contribution < -0.4 is 4.74 Å². The Morgan fingerprint density at radius 3 is 2.46 bits per heavy atom. The van der Waals surface area contributed by atoms with E-state index in [1.807, 2.05) is 27.7 Å². The predicted octanol–water partition coefficient (Wildman–Crippen LogP) is 4.08. The van der Waals surface area contributed by atoms with Gasteiger partial charge in [-0.2, -0.15) is 5.10 Å². The van der Waals surface area contributed by atoms with E-state index in [0.29, 0.717) is 34.7 Å². The first-order valence-electron chi connectivity index (χ1n) is 8.32. The van der Waals surface area contributed by atoms with Crippen LogP contribution in [0.2, 0.25) is 0 Å². The van der Waals surface area contributed by atoms with Crippen LogP contribution in [0, 0.1) is 17.0 Å². The van der Waals surface area contributed by atoms with Crippen LogP contribution in [-0.4, -0.2) is 27.1 Å². The van der Waals surface area contributed by atoms with E-state index >= 15 is 0 Å². The minimum Gasteiger partial charge on any atom is -0.478 e. The van der Waals surface area contributed by atoms with Crippen molar-refractivity contribution < 1.29 is 14.5 Å². The maximum Gasteiger partial charge on any atom is 0.277 e. The molecule has 2 rings (SSSR count). The van der Waals surface area contributed by atoms with Crippen molar-refractivity contribution in [2.75, 3.05) is 6.61 Å². The topological polar surface area (TPSA) is 87.3 Å². The van der Waals surface area contributed by atoms with E-state index in [9.17, 15) is 14.9 Å². The molecule has 0 saturated carbocycles. The van der Waals surface area contributed by atoms with Gasteiger partial charge in [-0.1, -0.05) is 5.57 Å². The van der Waals surface area contributed by atoms with E-state index in [4.69, 9.17) is 4.74 Å². The summed E-state index contributed by atoms with van der Waals surface area (Å²) < 4.78 is 7.03. The quantitative estimate of drug-likeness (QED) is 0.442. The molecule has 0 radical (unpaired) electrons. The molecule has 26 heavy (non-hydrogen) atoms. The van der Waals surface area contributed by atoms with Crippen LogP contribution in [0.15, 0.2) is 23.9 Å². The van der Waals surface area contributed by atoms with Gasteiger partial charge in [-0.3, -0.25) is 14.9 Å². The zero-order chi connectivity index (χ0) is 19.6. The summed E-state index contributed by atoms with van der Waals surface area (Å²) in [5.74, 6) is 0.118. The Labute approximate surface area is 152 Å². The predicted molar refractivity (Wildman–Crippen MR) is 99.6 cm³/mol. The highest BCUT2D eigenvalue weighted by molar-refractivity contribution is 6.12. The van der Waals surface area contributed by atoms with Crippen molar-refractivity contribution in [3.8, 4) is 5.88 Å². The average molecular weight is 357 g/mol. The van der Waals surface area contributed by atoms with Crippen molar-refractivity contribution in [2.45, 2.75) is 34.6 Å². The largest absolute Gasteiger partial charge is 0.478 e. The maximum atomic E-state index is 13.1. The fraction of sp³-hybridized carbons (Fsp3) is 0.368. The number of carbonyl (C=O) groups excluding carboxylic acids is 1. The third-order valence-electron chi connectivity index (χ3n) is 4.42. The fourth-order valence-electron chi connectivity index (χ4n) is 2.85. The molecule has 0 saturated heterocycles. The highest BCUT2D eigenvalue weighted by Crippen LogP contribution is 2.34. The molecule has 0 atom stereocenters. The van der Waals surface area contributed by atoms with Gasteiger partial charge in [-0.05, 0) is 51.8 Å². The molecule has 1 aromatic carbocycles. The Kier molecular flexibility index (Phi) is 5.59. The molecular weight excluding hydrogens is 334 g/mol. The number of aryl methyl sites for hydroxylation is 1. The molecule has 7 nitrogen and oxygen atoms in total. The second-order valence-corrected chi connectivity index (χ2v) is 6.26. The van der Waals surface area contributed by atoms with Crippen molar-refractivity contribution >= 4 is 17.0 Å². The number of hydrogen-bond acceptors (Lipinski definition) is 5. The standard InChI is InChI=1S/C19H23N3O4/c1-7-26-19-15(10-20-21(19)6)18(23)14-8-9-16(22(24)25)17(13(14)5)12(4)11(2)3/h8-10H,7H2,1-6H3. The molecule has 1 heterocycles. The first kappa shape index (κ1) is 19.4. The molecule has 0 amide bonds. The highest BCUT2D eigenvalue weighted by Gasteiger charge is 2.26. The lowest BCUT2D eigenvalue weighted by molar-refractivity contribution is -0.385. The lowest BCUT2D eigenvalue weighted by Crippen LogP contribution is -2.10. The summed E-state index contributed by atoms with van der Waals surface area (Å²) in [5, 5.41) is 15.6. The lowest BCUT2D eigenvalue weighted by atomic mass is 9.90. The van der Waals surface area contributed by atoms with E-state index in [1.165, 1.54) is 23.0 Å². The number of hydrogen-bond donors (Lipinski definition) is 0. The van der Waals surface area contributed by atoms with E-state index in [-0.39, 0.29) is 11.5 Å². The number of aromatic nitrogens is 2. The van der Waals surface area contributed by atoms with E-state index in [0.717, 1.165) is 11.1 Å². The summed E-state index contributed by atoms with van der Waals surface area (Å²) in [6, 6.07) is 2.89. The number of ether oxygens (including phenoxy) is 1. The molecule has 0 aliphatic carbocycles. The first-order chi connectivity index (χ1) is 12.2.